The van der Waals surface area contributed by atoms with Crippen molar-refractivity contribution >= 4 is 11.6 Å². The summed E-state index contributed by atoms with van der Waals surface area (Å²) < 4.78 is 0. The number of nitrogens with zero attached hydrogens (tertiary/aromatic N) is 2. The van der Waals surface area contributed by atoms with Crippen LogP contribution in [0.25, 0.3) is 0 Å². The fourth-order valence-corrected chi connectivity index (χ4v) is 3.33. The normalized spacial score (nSPS) is 18.5. The van der Waals surface area contributed by atoms with Gasteiger partial charge in [0.2, 0.25) is 5.91 Å². The molecular weight excluding hydrogens is 296 g/mol. The Morgan fingerprint density at radius 1 is 0.917 bits per heavy atom. The van der Waals surface area contributed by atoms with Crippen molar-refractivity contribution in [1.29, 1.82) is 0 Å². The van der Waals surface area contributed by atoms with E-state index in [0.29, 0.717) is 0 Å². The van der Waals surface area contributed by atoms with E-state index in [1.54, 1.807) is 0 Å². The Morgan fingerprint density at radius 2 is 1.50 bits per heavy atom. The molecule has 0 aromatic heterocycles. The van der Waals surface area contributed by atoms with Crippen molar-refractivity contribution in [1.82, 2.24) is 4.90 Å². The van der Waals surface area contributed by atoms with Crippen molar-refractivity contribution < 1.29 is 4.79 Å². The van der Waals surface area contributed by atoms with E-state index in [-0.39, 0.29) is 17.4 Å². The molecule has 3 rings (SSSR count). The summed E-state index contributed by atoms with van der Waals surface area (Å²) in [6.45, 7) is 8.35. The van der Waals surface area contributed by atoms with Crippen molar-refractivity contribution in [2.24, 2.45) is 5.41 Å². The monoisotopic (exact) mass is 322 g/mol. The SMILES string of the molecule is CC(C)(C)C(=O)N1CCN(c2ccccc2)[C@H](c2ccccc2)C1. The summed E-state index contributed by atoms with van der Waals surface area (Å²) in [6, 6.07) is 21.2. The Labute approximate surface area is 144 Å². The van der Waals surface area contributed by atoms with Crippen LogP contribution in [0.5, 0.6) is 0 Å². The van der Waals surface area contributed by atoms with Crippen LogP contribution in [0.15, 0.2) is 60.7 Å². The summed E-state index contributed by atoms with van der Waals surface area (Å²) in [5, 5.41) is 0. The van der Waals surface area contributed by atoms with Gasteiger partial charge in [-0.15, -0.1) is 0 Å². The highest BCUT2D eigenvalue weighted by Crippen LogP contribution is 2.32. The van der Waals surface area contributed by atoms with Gasteiger partial charge in [-0.05, 0) is 17.7 Å². The van der Waals surface area contributed by atoms with Crippen LogP contribution >= 0.6 is 0 Å². The summed E-state index contributed by atoms with van der Waals surface area (Å²) in [5.41, 5.74) is 2.14. The molecule has 0 N–H and O–H groups in total. The molecule has 0 saturated carbocycles. The topological polar surface area (TPSA) is 23.6 Å². The molecule has 1 amide bonds. The number of carbonyl (C=O) groups excluding carboxylic acids is 1. The van der Waals surface area contributed by atoms with E-state index >= 15 is 0 Å². The lowest BCUT2D eigenvalue weighted by Crippen LogP contribution is -2.53. The minimum Gasteiger partial charge on any atom is -0.361 e. The van der Waals surface area contributed by atoms with Crippen LogP contribution in [-0.2, 0) is 4.79 Å². The van der Waals surface area contributed by atoms with Gasteiger partial charge in [0.25, 0.3) is 0 Å². The molecule has 0 bridgehead atoms. The van der Waals surface area contributed by atoms with E-state index < -0.39 is 0 Å². The highest BCUT2D eigenvalue weighted by atomic mass is 16.2. The predicted octanol–water partition coefficient (Wildman–Crippen LogP) is 4.12. The number of carbonyl (C=O) groups is 1. The first-order chi connectivity index (χ1) is 11.5. The summed E-state index contributed by atoms with van der Waals surface area (Å²) in [5.74, 6) is 0.233. The van der Waals surface area contributed by atoms with Gasteiger partial charge in [-0.25, -0.2) is 0 Å². The third-order valence-corrected chi connectivity index (χ3v) is 4.58. The van der Waals surface area contributed by atoms with Crippen molar-refractivity contribution in [2.45, 2.75) is 26.8 Å². The summed E-state index contributed by atoms with van der Waals surface area (Å²) in [4.78, 5) is 17.2. The number of piperazine rings is 1. The van der Waals surface area contributed by atoms with Gasteiger partial charge in [0.1, 0.15) is 0 Å². The molecule has 3 nitrogen and oxygen atoms in total. The minimum atomic E-state index is -0.337. The Kier molecular flexibility index (Phi) is 4.61. The van der Waals surface area contributed by atoms with Gasteiger partial charge in [-0.1, -0.05) is 69.3 Å². The maximum atomic E-state index is 12.7. The van der Waals surface area contributed by atoms with Gasteiger partial charge in [0, 0.05) is 30.7 Å². The van der Waals surface area contributed by atoms with Crippen molar-refractivity contribution in [3.8, 4) is 0 Å². The molecule has 1 aliphatic heterocycles. The molecule has 0 radical (unpaired) electrons. The fourth-order valence-electron chi connectivity index (χ4n) is 3.33. The second kappa shape index (κ2) is 6.68. The average Bonchev–Trinajstić information content (AvgIpc) is 2.61. The maximum absolute atomic E-state index is 12.7. The molecule has 1 fully saturated rings. The second-order valence-electron chi connectivity index (χ2n) is 7.46. The maximum Gasteiger partial charge on any atom is 0.228 e. The molecule has 0 aliphatic carbocycles. The largest absolute Gasteiger partial charge is 0.361 e. The Bertz CT molecular complexity index is 676. The number of benzene rings is 2. The van der Waals surface area contributed by atoms with Crippen LogP contribution in [0.4, 0.5) is 5.69 Å². The Morgan fingerprint density at radius 3 is 2.08 bits per heavy atom. The van der Waals surface area contributed by atoms with Crippen LogP contribution in [0, 0.1) is 5.41 Å². The van der Waals surface area contributed by atoms with Crippen molar-refractivity contribution in [2.75, 3.05) is 24.5 Å². The predicted molar refractivity (Wildman–Crippen MR) is 99.0 cm³/mol. The molecule has 24 heavy (non-hydrogen) atoms. The van der Waals surface area contributed by atoms with Gasteiger partial charge < -0.3 is 9.80 Å². The van der Waals surface area contributed by atoms with Crippen LogP contribution in [0.3, 0.4) is 0 Å². The molecule has 126 valence electrons. The summed E-state index contributed by atoms with van der Waals surface area (Å²) in [6.07, 6.45) is 0. The van der Waals surface area contributed by atoms with Gasteiger partial charge in [0.15, 0.2) is 0 Å². The van der Waals surface area contributed by atoms with E-state index in [0.717, 1.165) is 19.6 Å². The van der Waals surface area contributed by atoms with Crippen molar-refractivity contribution in [3.63, 3.8) is 0 Å². The highest BCUT2D eigenvalue weighted by molar-refractivity contribution is 5.82. The number of rotatable bonds is 2. The van der Waals surface area contributed by atoms with Crippen molar-refractivity contribution in [3.05, 3.63) is 66.2 Å². The van der Waals surface area contributed by atoms with E-state index in [9.17, 15) is 4.79 Å². The second-order valence-corrected chi connectivity index (χ2v) is 7.46. The first-order valence-corrected chi connectivity index (χ1v) is 8.63. The van der Waals surface area contributed by atoms with Crippen LogP contribution < -0.4 is 4.90 Å². The standard InChI is InChI=1S/C21H26N2O/c1-21(2,3)20(24)22-14-15-23(18-12-8-5-9-13-18)19(16-22)17-10-6-4-7-11-17/h4-13,19H,14-16H2,1-3H3/t19-/m0/s1. The summed E-state index contributed by atoms with van der Waals surface area (Å²) in [7, 11) is 0. The molecule has 0 spiro atoms. The Balaban J connectivity index is 1.91. The molecule has 2 aromatic carbocycles. The molecule has 1 heterocycles. The third kappa shape index (κ3) is 3.45. The number of amides is 1. The van der Waals surface area contributed by atoms with Crippen LogP contribution in [-0.4, -0.2) is 30.4 Å². The lowest BCUT2D eigenvalue weighted by atomic mass is 9.93. The average molecular weight is 322 g/mol. The summed E-state index contributed by atoms with van der Waals surface area (Å²) >= 11 is 0. The molecule has 1 aliphatic rings. The minimum absolute atomic E-state index is 0.189. The first-order valence-electron chi connectivity index (χ1n) is 8.63. The van der Waals surface area contributed by atoms with Crippen LogP contribution in [0.2, 0.25) is 0 Å². The molecule has 1 atom stereocenters. The molecule has 2 aromatic rings. The Hall–Kier alpha value is -2.29. The zero-order valence-electron chi connectivity index (χ0n) is 14.8. The first kappa shape index (κ1) is 16.6. The van der Waals surface area contributed by atoms with Gasteiger partial charge >= 0.3 is 0 Å². The molecular formula is C21H26N2O. The number of hydrogen-bond donors (Lipinski definition) is 0. The fraction of sp³-hybridized carbons (Fsp3) is 0.381. The lowest BCUT2D eigenvalue weighted by molar-refractivity contribution is -0.140. The molecule has 3 heteroatoms. The van der Waals surface area contributed by atoms with E-state index in [2.05, 4.69) is 53.4 Å². The smallest absolute Gasteiger partial charge is 0.228 e. The lowest BCUT2D eigenvalue weighted by Gasteiger charge is -2.44. The van der Waals surface area contributed by atoms with E-state index in [1.165, 1.54) is 11.3 Å². The third-order valence-electron chi connectivity index (χ3n) is 4.58. The molecule has 0 unspecified atom stereocenters. The van der Waals surface area contributed by atoms with Gasteiger partial charge in [0.05, 0.1) is 6.04 Å². The van der Waals surface area contributed by atoms with E-state index in [1.807, 2.05) is 37.8 Å². The zero-order chi connectivity index (χ0) is 17.2. The molecule has 1 saturated heterocycles. The van der Waals surface area contributed by atoms with Gasteiger partial charge in [-0.3, -0.25) is 4.79 Å². The zero-order valence-corrected chi connectivity index (χ0v) is 14.8. The quantitative estimate of drug-likeness (QED) is 0.830. The van der Waals surface area contributed by atoms with E-state index in [4.69, 9.17) is 0 Å². The number of anilines is 1. The number of hydrogen-bond acceptors (Lipinski definition) is 2. The van der Waals surface area contributed by atoms with Gasteiger partial charge in [-0.2, -0.15) is 0 Å². The highest BCUT2D eigenvalue weighted by Gasteiger charge is 2.34. The van der Waals surface area contributed by atoms with Crippen LogP contribution in [0.1, 0.15) is 32.4 Å². The number of para-hydroxylation sites is 1.